The average molecular weight is 272 g/mol. The molecule has 0 spiro atoms. The largest absolute Gasteiger partial charge is 0.0704 e. The maximum absolute atomic E-state index is 2.62. The van der Waals surface area contributed by atoms with E-state index < -0.39 is 0 Å². The lowest BCUT2D eigenvalue weighted by Crippen LogP contribution is -2.40. The average Bonchev–Trinajstić information content (AvgIpc) is 3.00. The molecule has 0 aromatic rings. The molecular weight excluding hydrogens is 240 g/mol. The van der Waals surface area contributed by atoms with Gasteiger partial charge in [-0.25, -0.2) is 0 Å². The maximum atomic E-state index is 2.62. The number of hydrogen-bond acceptors (Lipinski definition) is 0. The highest BCUT2D eigenvalue weighted by Crippen LogP contribution is 2.62. The summed E-state index contributed by atoms with van der Waals surface area (Å²) in [5.41, 5.74) is 4.63. The van der Waals surface area contributed by atoms with E-state index in [0.29, 0.717) is 0 Å². The van der Waals surface area contributed by atoms with Gasteiger partial charge in [0.2, 0.25) is 0 Å². The first-order valence-electron chi connectivity index (χ1n) is 9.29. The molecular formula is C20H32. The van der Waals surface area contributed by atoms with Crippen LogP contribution in [0.1, 0.15) is 78.6 Å². The lowest BCUT2D eigenvalue weighted by molar-refractivity contribution is 0.0435. The summed E-state index contributed by atoms with van der Waals surface area (Å²) in [5, 5.41) is 0. The first-order valence-corrected chi connectivity index (χ1v) is 9.29. The Labute approximate surface area is 125 Å². The van der Waals surface area contributed by atoms with Crippen molar-refractivity contribution in [3.8, 4) is 0 Å². The van der Waals surface area contributed by atoms with Crippen molar-refractivity contribution in [2.45, 2.75) is 78.6 Å². The van der Waals surface area contributed by atoms with Gasteiger partial charge in [0.05, 0.1) is 0 Å². The van der Waals surface area contributed by atoms with Crippen LogP contribution >= 0.6 is 0 Å². The molecule has 4 aliphatic carbocycles. The second-order valence-corrected chi connectivity index (χ2v) is 9.04. The molecule has 2 fully saturated rings. The van der Waals surface area contributed by atoms with Gasteiger partial charge in [0.1, 0.15) is 0 Å². The molecule has 2 saturated carbocycles. The molecule has 5 atom stereocenters. The molecule has 112 valence electrons. The highest BCUT2D eigenvalue weighted by atomic mass is 14.6. The van der Waals surface area contributed by atoms with E-state index in [-0.39, 0.29) is 0 Å². The Balaban J connectivity index is 1.59. The van der Waals surface area contributed by atoms with Crippen LogP contribution in [0, 0.1) is 35.0 Å². The number of fused-ring (bicyclic) bond motifs is 4. The standard InChI is InChI=1S/C20H32/c1-13(2)15-11-14-6-7-17-16(18(14)12-15)8-10-20(3)9-4-5-19(17)20/h13,15-17,19H,4-12H2,1-3H3. The zero-order valence-corrected chi connectivity index (χ0v) is 13.8. The Morgan fingerprint density at radius 3 is 2.70 bits per heavy atom. The zero-order chi connectivity index (χ0) is 13.9. The fourth-order valence-corrected chi connectivity index (χ4v) is 6.55. The van der Waals surface area contributed by atoms with Crippen molar-refractivity contribution in [2.24, 2.45) is 35.0 Å². The fraction of sp³-hybridized carbons (Fsp3) is 0.900. The minimum atomic E-state index is 0.731. The Morgan fingerprint density at radius 1 is 1.05 bits per heavy atom. The summed E-state index contributed by atoms with van der Waals surface area (Å²) in [6.45, 7) is 7.50. The molecule has 4 aliphatic rings. The van der Waals surface area contributed by atoms with E-state index in [1.54, 1.807) is 6.42 Å². The Kier molecular flexibility index (Phi) is 3.09. The van der Waals surface area contributed by atoms with Gasteiger partial charge in [-0.05, 0) is 86.4 Å². The van der Waals surface area contributed by atoms with Gasteiger partial charge in [-0.1, -0.05) is 38.3 Å². The summed E-state index contributed by atoms with van der Waals surface area (Å²) in [5.74, 6) is 5.03. The van der Waals surface area contributed by atoms with Crippen LogP contribution in [0.15, 0.2) is 11.1 Å². The summed E-state index contributed by atoms with van der Waals surface area (Å²) in [6, 6.07) is 0. The van der Waals surface area contributed by atoms with Gasteiger partial charge in [-0.2, -0.15) is 0 Å². The number of allylic oxidation sites excluding steroid dienone is 2. The van der Waals surface area contributed by atoms with Crippen molar-refractivity contribution in [3.05, 3.63) is 11.1 Å². The summed E-state index contributed by atoms with van der Waals surface area (Å²) in [4.78, 5) is 0. The molecule has 0 N–H and O–H groups in total. The lowest BCUT2D eigenvalue weighted by atomic mass is 9.56. The highest BCUT2D eigenvalue weighted by molar-refractivity contribution is 5.29. The SMILES string of the molecule is CC(C)C1CC2=C(C1)C1CCC3(C)CCCC3C1CC2. The third kappa shape index (κ3) is 1.86. The molecule has 0 aliphatic heterocycles. The van der Waals surface area contributed by atoms with Crippen LogP contribution in [-0.4, -0.2) is 0 Å². The van der Waals surface area contributed by atoms with Crippen LogP contribution in [-0.2, 0) is 0 Å². The summed E-state index contributed by atoms with van der Waals surface area (Å²) in [6.07, 6.45) is 13.6. The van der Waals surface area contributed by atoms with Gasteiger partial charge in [0.15, 0.2) is 0 Å². The van der Waals surface area contributed by atoms with Crippen molar-refractivity contribution in [3.63, 3.8) is 0 Å². The van der Waals surface area contributed by atoms with Gasteiger partial charge < -0.3 is 0 Å². The predicted molar refractivity (Wildman–Crippen MR) is 85.5 cm³/mol. The first kappa shape index (κ1) is 13.4. The van der Waals surface area contributed by atoms with Crippen LogP contribution in [0.4, 0.5) is 0 Å². The van der Waals surface area contributed by atoms with Crippen LogP contribution in [0.5, 0.6) is 0 Å². The van der Waals surface area contributed by atoms with Crippen LogP contribution < -0.4 is 0 Å². The third-order valence-corrected chi connectivity index (χ3v) is 7.83. The van der Waals surface area contributed by atoms with Crippen molar-refractivity contribution in [1.82, 2.24) is 0 Å². The molecule has 0 aromatic carbocycles. The molecule has 0 heteroatoms. The number of hydrogen-bond donors (Lipinski definition) is 0. The monoisotopic (exact) mass is 272 g/mol. The summed E-state index contributed by atoms with van der Waals surface area (Å²) < 4.78 is 0. The Morgan fingerprint density at radius 2 is 1.90 bits per heavy atom. The van der Waals surface area contributed by atoms with Crippen molar-refractivity contribution < 1.29 is 0 Å². The van der Waals surface area contributed by atoms with E-state index in [1.807, 2.05) is 11.1 Å². The topological polar surface area (TPSA) is 0 Å². The van der Waals surface area contributed by atoms with E-state index in [4.69, 9.17) is 0 Å². The molecule has 0 amide bonds. The smallest absolute Gasteiger partial charge is 0.0169 e. The zero-order valence-electron chi connectivity index (χ0n) is 13.8. The number of rotatable bonds is 1. The highest BCUT2D eigenvalue weighted by Gasteiger charge is 2.51. The van der Waals surface area contributed by atoms with Gasteiger partial charge in [-0.3, -0.25) is 0 Å². The molecule has 0 saturated heterocycles. The van der Waals surface area contributed by atoms with E-state index >= 15 is 0 Å². The minimum Gasteiger partial charge on any atom is -0.0704 e. The van der Waals surface area contributed by atoms with Crippen LogP contribution in [0.3, 0.4) is 0 Å². The van der Waals surface area contributed by atoms with Crippen LogP contribution in [0.25, 0.3) is 0 Å². The predicted octanol–water partition coefficient (Wildman–Crippen LogP) is 5.98. The maximum Gasteiger partial charge on any atom is -0.0169 e. The molecule has 0 radical (unpaired) electrons. The minimum absolute atomic E-state index is 0.731. The first-order chi connectivity index (χ1) is 9.58. The van der Waals surface area contributed by atoms with Gasteiger partial charge in [0.25, 0.3) is 0 Å². The molecule has 0 heterocycles. The van der Waals surface area contributed by atoms with Gasteiger partial charge in [0, 0.05) is 0 Å². The third-order valence-electron chi connectivity index (χ3n) is 7.83. The second kappa shape index (κ2) is 4.62. The van der Waals surface area contributed by atoms with E-state index in [9.17, 15) is 0 Å². The van der Waals surface area contributed by atoms with E-state index in [1.165, 1.54) is 51.4 Å². The molecule has 0 bridgehead atoms. The normalized spacial score (nSPS) is 47.4. The van der Waals surface area contributed by atoms with Gasteiger partial charge in [-0.15, -0.1) is 0 Å². The van der Waals surface area contributed by atoms with Crippen molar-refractivity contribution >= 4 is 0 Å². The lowest BCUT2D eigenvalue weighted by Gasteiger charge is -2.49. The van der Waals surface area contributed by atoms with E-state index in [0.717, 1.165) is 35.0 Å². The molecule has 4 rings (SSSR count). The second-order valence-electron chi connectivity index (χ2n) is 9.04. The van der Waals surface area contributed by atoms with Crippen LogP contribution in [0.2, 0.25) is 0 Å². The van der Waals surface area contributed by atoms with Crippen molar-refractivity contribution in [1.29, 1.82) is 0 Å². The fourth-order valence-electron chi connectivity index (χ4n) is 6.55. The quantitative estimate of drug-likeness (QED) is 0.515. The van der Waals surface area contributed by atoms with E-state index in [2.05, 4.69) is 20.8 Å². The van der Waals surface area contributed by atoms with Gasteiger partial charge >= 0.3 is 0 Å². The molecule has 5 unspecified atom stereocenters. The molecule has 20 heavy (non-hydrogen) atoms. The Hall–Kier alpha value is -0.260. The molecule has 0 aromatic heterocycles. The Bertz CT molecular complexity index is 429. The summed E-state index contributed by atoms with van der Waals surface area (Å²) >= 11 is 0. The molecule has 0 nitrogen and oxygen atoms in total. The van der Waals surface area contributed by atoms with Crippen molar-refractivity contribution in [2.75, 3.05) is 0 Å². The summed E-state index contributed by atoms with van der Waals surface area (Å²) in [7, 11) is 0.